The second kappa shape index (κ2) is 9.39. The summed E-state index contributed by atoms with van der Waals surface area (Å²) < 4.78 is 4.63. The molecule has 1 amide bonds. The van der Waals surface area contributed by atoms with Crippen LogP contribution in [0.4, 0.5) is 5.69 Å². The Morgan fingerprint density at radius 2 is 2.04 bits per heavy atom. The summed E-state index contributed by atoms with van der Waals surface area (Å²) in [6.07, 6.45) is 0.555. The average molecular weight is 336 g/mol. The molecule has 0 aliphatic heterocycles. The van der Waals surface area contributed by atoms with Crippen molar-refractivity contribution in [2.45, 2.75) is 38.6 Å². The summed E-state index contributed by atoms with van der Waals surface area (Å²) >= 11 is 0. The Balaban J connectivity index is 2.70. The topological polar surface area (TPSA) is 116 Å². The molecule has 0 aliphatic rings. The van der Waals surface area contributed by atoms with Crippen molar-refractivity contribution >= 4 is 23.3 Å². The fraction of sp³-hybridized carbons (Fsp3) is 0.438. The lowest BCUT2D eigenvalue weighted by molar-refractivity contribution is -0.384. The number of Topliss-reactive ketones (excluding diaryl/α,β-unsaturated/α-hetero) is 1. The summed E-state index contributed by atoms with van der Waals surface area (Å²) in [4.78, 5) is 45.3. The number of carbonyl (C=O) groups excluding carboxylic acids is 3. The molecule has 1 N–H and O–H groups in total. The van der Waals surface area contributed by atoms with E-state index in [9.17, 15) is 24.5 Å². The van der Waals surface area contributed by atoms with Crippen LogP contribution < -0.4 is 5.32 Å². The first-order valence-corrected chi connectivity index (χ1v) is 7.49. The number of hydrogen-bond donors (Lipinski definition) is 1. The summed E-state index contributed by atoms with van der Waals surface area (Å²) in [7, 11) is 1.20. The number of ketones is 1. The third-order valence-electron chi connectivity index (χ3n) is 3.41. The third kappa shape index (κ3) is 6.15. The Hall–Kier alpha value is -2.77. The van der Waals surface area contributed by atoms with E-state index in [2.05, 4.69) is 10.1 Å². The number of amides is 1. The minimum absolute atomic E-state index is 0.0168. The van der Waals surface area contributed by atoms with Crippen LogP contribution in [-0.2, 0) is 25.5 Å². The number of nitrogens with one attached hydrogen (secondary N) is 1. The number of hydrogen-bond acceptors (Lipinski definition) is 6. The standard InChI is InChI=1S/C16H20N2O6/c1-3-13(19)7-8-14(16(21)24-2)17-15(20)10-11-5-4-6-12(9-11)18(22)23/h4-6,9,14H,3,7-8,10H2,1-2H3,(H,17,20)/t14-/m0/s1. The second-order valence-corrected chi connectivity index (χ2v) is 5.18. The van der Waals surface area contributed by atoms with Crippen molar-refractivity contribution in [3.8, 4) is 0 Å². The van der Waals surface area contributed by atoms with Crippen LogP contribution in [0.15, 0.2) is 24.3 Å². The molecule has 1 atom stereocenters. The molecule has 0 unspecified atom stereocenters. The van der Waals surface area contributed by atoms with Crippen LogP contribution in [0, 0.1) is 10.1 Å². The zero-order chi connectivity index (χ0) is 18.1. The van der Waals surface area contributed by atoms with Crippen LogP contribution in [0.25, 0.3) is 0 Å². The van der Waals surface area contributed by atoms with Crippen LogP contribution in [0.1, 0.15) is 31.7 Å². The number of nitro groups is 1. The maximum absolute atomic E-state index is 12.1. The van der Waals surface area contributed by atoms with Gasteiger partial charge in [0.15, 0.2) is 0 Å². The Morgan fingerprint density at radius 1 is 1.33 bits per heavy atom. The first-order valence-electron chi connectivity index (χ1n) is 7.49. The molecule has 130 valence electrons. The fourth-order valence-corrected chi connectivity index (χ4v) is 2.08. The fourth-order valence-electron chi connectivity index (χ4n) is 2.08. The van der Waals surface area contributed by atoms with Crippen LogP contribution in [0.5, 0.6) is 0 Å². The largest absolute Gasteiger partial charge is 0.467 e. The third-order valence-corrected chi connectivity index (χ3v) is 3.41. The number of benzene rings is 1. The second-order valence-electron chi connectivity index (χ2n) is 5.18. The lowest BCUT2D eigenvalue weighted by Crippen LogP contribution is -2.42. The molecule has 0 aromatic heterocycles. The molecule has 1 rings (SSSR count). The van der Waals surface area contributed by atoms with E-state index in [0.717, 1.165) is 0 Å². The molecule has 24 heavy (non-hydrogen) atoms. The molecule has 0 saturated heterocycles. The first kappa shape index (κ1) is 19.3. The molecule has 8 nitrogen and oxygen atoms in total. The Morgan fingerprint density at radius 3 is 2.62 bits per heavy atom. The molecule has 0 heterocycles. The monoisotopic (exact) mass is 336 g/mol. The average Bonchev–Trinajstić information content (AvgIpc) is 2.57. The molecule has 0 fully saturated rings. The highest BCUT2D eigenvalue weighted by Crippen LogP contribution is 2.13. The zero-order valence-electron chi connectivity index (χ0n) is 13.6. The van der Waals surface area contributed by atoms with E-state index in [0.29, 0.717) is 12.0 Å². The van der Waals surface area contributed by atoms with Gasteiger partial charge in [0.25, 0.3) is 5.69 Å². The van der Waals surface area contributed by atoms with E-state index in [4.69, 9.17) is 0 Å². The normalized spacial score (nSPS) is 11.4. The van der Waals surface area contributed by atoms with E-state index in [1.54, 1.807) is 13.0 Å². The lowest BCUT2D eigenvalue weighted by Gasteiger charge is -2.16. The highest BCUT2D eigenvalue weighted by molar-refractivity contribution is 5.86. The van der Waals surface area contributed by atoms with Gasteiger partial charge in [-0.1, -0.05) is 19.1 Å². The summed E-state index contributed by atoms with van der Waals surface area (Å²) in [5.41, 5.74) is 0.341. The number of esters is 1. The Labute approximate surface area is 139 Å². The van der Waals surface area contributed by atoms with E-state index in [1.807, 2.05) is 0 Å². The van der Waals surface area contributed by atoms with Gasteiger partial charge in [0.05, 0.1) is 18.5 Å². The SMILES string of the molecule is CCC(=O)CC[C@H](NC(=O)Cc1cccc([N+](=O)[O-])c1)C(=O)OC. The molecule has 0 saturated carbocycles. The van der Waals surface area contributed by atoms with Crippen molar-refractivity contribution in [2.24, 2.45) is 0 Å². The number of non-ortho nitro benzene ring substituents is 1. The van der Waals surface area contributed by atoms with Crippen molar-refractivity contribution in [2.75, 3.05) is 7.11 Å². The van der Waals surface area contributed by atoms with Crippen molar-refractivity contribution in [1.29, 1.82) is 0 Å². The molecule has 0 bridgehead atoms. The molecular formula is C16H20N2O6. The minimum Gasteiger partial charge on any atom is -0.467 e. The summed E-state index contributed by atoms with van der Waals surface area (Å²) in [5.74, 6) is -1.13. The van der Waals surface area contributed by atoms with Gasteiger partial charge in [-0.25, -0.2) is 4.79 Å². The van der Waals surface area contributed by atoms with Gasteiger partial charge in [-0.15, -0.1) is 0 Å². The van der Waals surface area contributed by atoms with Crippen LogP contribution in [-0.4, -0.2) is 35.7 Å². The Bertz CT molecular complexity index is 629. The van der Waals surface area contributed by atoms with Crippen molar-refractivity contribution in [3.63, 3.8) is 0 Å². The quantitative estimate of drug-likeness (QED) is 0.415. The number of rotatable bonds is 9. The smallest absolute Gasteiger partial charge is 0.328 e. The molecule has 0 radical (unpaired) electrons. The zero-order valence-corrected chi connectivity index (χ0v) is 13.6. The number of ether oxygens (including phenoxy) is 1. The van der Waals surface area contributed by atoms with E-state index in [1.165, 1.54) is 25.3 Å². The molecule has 8 heteroatoms. The summed E-state index contributed by atoms with van der Waals surface area (Å²) in [5, 5.41) is 13.2. The van der Waals surface area contributed by atoms with Gasteiger partial charge in [-0.3, -0.25) is 19.7 Å². The van der Waals surface area contributed by atoms with Gasteiger partial charge in [-0.2, -0.15) is 0 Å². The number of methoxy groups -OCH3 is 1. The Kier molecular flexibility index (Phi) is 7.54. The maximum atomic E-state index is 12.1. The van der Waals surface area contributed by atoms with E-state index >= 15 is 0 Å². The van der Waals surface area contributed by atoms with Gasteiger partial charge in [0.2, 0.25) is 5.91 Å². The van der Waals surface area contributed by atoms with Gasteiger partial charge in [-0.05, 0) is 12.0 Å². The van der Waals surface area contributed by atoms with Crippen molar-refractivity contribution in [1.82, 2.24) is 5.32 Å². The van der Waals surface area contributed by atoms with Crippen LogP contribution >= 0.6 is 0 Å². The number of carbonyl (C=O) groups is 3. The van der Waals surface area contributed by atoms with Gasteiger partial charge < -0.3 is 10.1 Å². The molecular weight excluding hydrogens is 316 g/mol. The number of nitrogens with zero attached hydrogens (tertiary/aromatic N) is 1. The number of nitro benzene ring substituents is 1. The van der Waals surface area contributed by atoms with Crippen molar-refractivity contribution in [3.05, 3.63) is 39.9 Å². The maximum Gasteiger partial charge on any atom is 0.328 e. The lowest BCUT2D eigenvalue weighted by atomic mass is 10.1. The van der Waals surface area contributed by atoms with Crippen LogP contribution in [0.3, 0.4) is 0 Å². The van der Waals surface area contributed by atoms with E-state index in [-0.39, 0.29) is 30.7 Å². The van der Waals surface area contributed by atoms with Crippen molar-refractivity contribution < 1.29 is 24.0 Å². The minimum atomic E-state index is -0.920. The predicted octanol–water partition coefficient (Wildman–Crippen LogP) is 1.55. The molecule has 0 spiro atoms. The highest BCUT2D eigenvalue weighted by atomic mass is 16.6. The van der Waals surface area contributed by atoms with Crippen LogP contribution in [0.2, 0.25) is 0 Å². The van der Waals surface area contributed by atoms with E-state index < -0.39 is 22.8 Å². The molecule has 1 aromatic rings. The first-order chi connectivity index (χ1) is 11.4. The molecule has 1 aromatic carbocycles. The molecule has 0 aliphatic carbocycles. The van der Waals surface area contributed by atoms with Gasteiger partial charge in [0.1, 0.15) is 11.8 Å². The summed E-state index contributed by atoms with van der Waals surface area (Å²) in [6, 6.07) is 4.78. The van der Waals surface area contributed by atoms with Gasteiger partial charge in [0, 0.05) is 25.0 Å². The predicted molar refractivity (Wildman–Crippen MR) is 85.3 cm³/mol. The van der Waals surface area contributed by atoms with Gasteiger partial charge >= 0.3 is 5.97 Å². The summed E-state index contributed by atoms with van der Waals surface area (Å²) in [6.45, 7) is 1.72. The highest BCUT2D eigenvalue weighted by Gasteiger charge is 2.22.